The molecule has 0 saturated heterocycles. The fourth-order valence-electron chi connectivity index (χ4n) is 1.27. The number of hydrogen-bond acceptors (Lipinski definition) is 4. The van der Waals surface area contributed by atoms with Crippen molar-refractivity contribution in [2.75, 3.05) is 12.4 Å². The van der Waals surface area contributed by atoms with Gasteiger partial charge in [-0.15, -0.1) is 0 Å². The van der Waals surface area contributed by atoms with Crippen LogP contribution in [0.3, 0.4) is 0 Å². The topological polar surface area (TPSA) is 87.4 Å². The number of benzene rings is 1. The molecule has 17 heavy (non-hydrogen) atoms. The number of nitrogens with zero attached hydrogens (tertiary/aromatic N) is 1. The monoisotopic (exact) mass is 255 g/mol. The number of nitriles is 1. The summed E-state index contributed by atoms with van der Waals surface area (Å²) in [5.74, 6) is -0.0738. The van der Waals surface area contributed by atoms with E-state index in [2.05, 4.69) is 0 Å². The molecule has 0 aliphatic rings. The smallest absolute Gasteiger partial charge is 0.265 e. The Labute approximate surface area is 100 Å². The molecule has 92 valence electrons. The Bertz CT molecular complexity index is 501. The van der Waals surface area contributed by atoms with Gasteiger partial charge >= 0.3 is 0 Å². The predicted molar refractivity (Wildman–Crippen MR) is 62.2 cm³/mol. The molecule has 1 aromatic rings. The Kier molecular flexibility index (Phi) is 4.49. The molecule has 6 heteroatoms. The molecule has 0 aliphatic heterocycles. The zero-order valence-electron chi connectivity index (χ0n) is 9.33. The van der Waals surface area contributed by atoms with Crippen molar-refractivity contribution in [1.29, 1.82) is 5.26 Å². The fourth-order valence-corrected chi connectivity index (χ4v) is 2.09. The molecule has 1 aromatic carbocycles. The average molecular weight is 255 g/mol. The van der Waals surface area contributed by atoms with E-state index in [4.69, 9.17) is 14.6 Å². The number of ether oxygens (including phenoxy) is 1. The molecule has 0 fully saturated rings. The second-order valence-electron chi connectivity index (χ2n) is 3.80. The summed E-state index contributed by atoms with van der Waals surface area (Å²) >= 11 is 0. The molecule has 0 aliphatic carbocycles. The molecule has 0 aromatic heterocycles. The van der Waals surface area contributed by atoms with E-state index >= 15 is 0 Å². The predicted octanol–water partition coefficient (Wildman–Crippen LogP) is 1.46. The maximum atomic E-state index is 10.6. The molecule has 1 unspecified atom stereocenters. The lowest BCUT2D eigenvalue weighted by molar-refractivity contribution is 0.270. The highest BCUT2D eigenvalue weighted by atomic mass is 32.2. The maximum Gasteiger partial charge on any atom is 0.265 e. The van der Waals surface area contributed by atoms with Gasteiger partial charge < -0.3 is 4.74 Å². The van der Waals surface area contributed by atoms with Crippen LogP contribution >= 0.6 is 0 Å². The molecule has 0 amide bonds. The lowest BCUT2D eigenvalue weighted by atomic mass is 10.2. The summed E-state index contributed by atoms with van der Waals surface area (Å²) in [6, 6.07) is 8.49. The summed E-state index contributed by atoms with van der Waals surface area (Å²) in [4.78, 5) is 0. The Hall–Kier alpha value is -1.58. The Morgan fingerprint density at radius 1 is 1.41 bits per heavy atom. The van der Waals surface area contributed by atoms with Gasteiger partial charge in [0.1, 0.15) is 5.75 Å². The highest BCUT2D eigenvalue weighted by molar-refractivity contribution is 7.85. The van der Waals surface area contributed by atoms with E-state index in [-0.39, 0.29) is 18.3 Å². The van der Waals surface area contributed by atoms with Crippen molar-refractivity contribution < 1.29 is 17.7 Å². The Morgan fingerprint density at radius 3 is 2.47 bits per heavy atom. The van der Waals surface area contributed by atoms with E-state index in [1.807, 2.05) is 6.07 Å². The van der Waals surface area contributed by atoms with Gasteiger partial charge in [-0.25, -0.2) is 0 Å². The lowest BCUT2D eigenvalue weighted by Gasteiger charge is -2.11. The standard InChI is InChI=1S/C11H13NO4S/c1-9(8-17(13,14)15)7-16-11-4-2-10(6-12)3-5-11/h2-5,9H,7-8H2,1H3,(H,13,14,15). The first kappa shape index (κ1) is 13.5. The van der Waals surface area contributed by atoms with Crippen LogP contribution in [0.25, 0.3) is 0 Å². The van der Waals surface area contributed by atoms with Crippen LogP contribution in [0, 0.1) is 17.2 Å². The van der Waals surface area contributed by atoms with Gasteiger partial charge in [-0.3, -0.25) is 4.55 Å². The largest absolute Gasteiger partial charge is 0.493 e. The van der Waals surface area contributed by atoms with Crippen LogP contribution in [0.1, 0.15) is 12.5 Å². The second-order valence-corrected chi connectivity index (χ2v) is 5.30. The zero-order chi connectivity index (χ0) is 12.9. The summed E-state index contributed by atoms with van der Waals surface area (Å²) in [6.07, 6.45) is 0. The van der Waals surface area contributed by atoms with Crippen LogP contribution in [0.5, 0.6) is 5.75 Å². The van der Waals surface area contributed by atoms with E-state index in [0.717, 1.165) is 0 Å². The third-order valence-electron chi connectivity index (χ3n) is 2.01. The van der Waals surface area contributed by atoms with Crippen LogP contribution in [0.2, 0.25) is 0 Å². The SMILES string of the molecule is CC(COc1ccc(C#N)cc1)CS(=O)(=O)O. The van der Waals surface area contributed by atoms with Gasteiger partial charge in [0.15, 0.2) is 0 Å². The van der Waals surface area contributed by atoms with Gasteiger partial charge in [-0.05, 0) is 24.3 Å². The molecule has 5 nitrogen and oxygen atoms in total. The molecular formula is C11H13NO4S. The minimum atomic E-state index is -3.96. The van der Waals surface area contributed by atoms with Gasteiger partial charge in [0, 0.05) is 5.92 Å². The summed E-state index contributed by atoms with van der Waals surface area (Å²) in [5.41, 5.74) is 0.531. The summed E-state index contributed by atoms with van der Waals surface area (Å²) in [7, 11) is -3.96. The quantitative estimate of drug-likeness (QED) is 0.805. The van der Waals surface area contributed by atoms with Crippen molar-refractivity contribution in [2.24, 2.45) is 5.92 Å². The molecule has 0 spiro atoms. The zero-order valence-corrected chi connectivity index (χ0v) is 10.1. The highest BCUT2D eigenvalue weighted by Crippen LogP contribution is 2.13. The van der Waals surface area contributed by atoms with Crippen LogP contribution in [-0.4, -0.2) is 25.3 Å². The molecule has 1 rings (SSSR count). The molecule has 0 heterocycles. The van der Waals surface area contributed by atoms with Crippen LogP contribution in [-0.2, 0) is 10.1 Å². The average Bonchev–Trinajstić information content (AvgIpc) is 2.25. The van der Waals surface area contributed by atoms with Crippen molar-refractivity contribution in [1.82, 2.24) is 0 Å². The molecule has 1 atom stereocenters. The summed E-state index contributed by atoms with van der Waals surface area (Å²) in [5, 5.41) is 8.59. The van der Waals surface area contributed by atoms with Crippen molar-refractivity contribution in [3.63, 3.8) is 0 Å². The Morgan fingerprint density at radius 2 is 2.00 bits per heavy atom. The van der Waals surface area contributed by atoms with Crippen molar-refractivity contribution >= 4 is 10.1 Å². The maximum absolute atomic E-state index is 10.6. The van der Waals surface area contributed by atoms with Crippen LogP contribution in [0.15, 0.2) is 24.3 Å². The number of hydrogen-bond donors (Lipinski definition) is 1. The van der Waals surface area contributed by atoms with Crippen LogP contribution < -0.4 is 4.74 Å². The first-order valence-corrected chi connectivity index (χ1v) is 6.60. The van der Waals surface area contributed by atoms with E-state index in [1.54, 1.807) is 31.2 Å². The first-order chi connectivity index (χ1) is 7.90. The lowest BCUT2D eigenvalue weighted by Crippen LogP contribution is -2.18. The molecule has 0 radical (unpaired) electrons. The van der Waals surface area contributed by atoms with Crippen molar-refractivity contribution in [2.45, 2.75) is 6.92 Å². The fraction of sp³-hybridized carbons (Fsp3) is 0.364. The van der Waals surface area contributed by atoms with Crippen molar-refractivity contribution in [3.05, 3.63) is 29.8 Å². The third-order valence-corrected chi connectivity index (χ3v) is 3.00. The second kappa shape index (κ2) is 5.66. The van der Waals surface area contributed by atoms with E-state index in [0.29, 0.717) is 11.3 Å². The molecule has 1 N–H and O–H groups in total. The minimum Gasteiger partial charge on any atom is -0.493 e. The molecular weight excluding hydrogens is 242 g/mol. The normalized spacial score (nSPS) is 12.8. The van der Waals surface area contributed by atoms with Gasteiger partial charge in [0.25, 0.3) is 10.1 Å². The number of rotatable bonds is 5. The van der Waals surface area contributed by atoms with Gasteiger partial charge in [-0.1, -0.05) is 6.92 Å². The van der Waals surface area contributed by atoms with Crippen molar-refractivity contribution in [3.8, 4) is 11.8 Å². The third kappa shape index (κ3) is 5.33. The van der Waals surface area contributed by atoms with Gasteiger partial charge in [-0.2, -0.15) is 13.7 Å². The molecule has 0 saturated carbocycles. The summed E-state index contributed by atoms with van der Waals surface area (Å²) in [6.45, 7) is 1.85. The first-order valence-electron chi connectivity index (χ1n) is 4.99. The van der Waals surface area contributed by atoms with Crippen LogP contribution in [0.4, 0.5) is 0 Å². The highest BCUT2D eigenvalue weighted by Gasteiger charge is 2.12. The van der Waals surface area contributed by atoms with E-state index < -0.39 is 10.1 Å². The van der Waals surface area contributed by atoms with Gasteiger partial charge in [0.05, 0.1) is 24.0 Å². The summed E-state index contributed by atoms with van der Waals surface area (Å²) < 4.78 is 35.2. The molecule has 0 bridgehead atoms. The Balaban J connectivity index is 2.48. The van der Waals surface area contributed by atoms with E-state index in [9.17, 15) is 8.42 Å². The minimum absolute atomic E-state index is 0.186. The van der Waals surface area contributed by atoms with E-state index in [1.165, 1.54) is 0 Å². The van der Waals surface area contributed by atoms with Gasteiger partial charge in [0.2, 0.25) is 0 Å².